The molecule has 2 aliphatic heterocycles. The van der Waals surface area contributed by atoms with Crippen LogP contribution in [0.2, 0.25) is 0 Å². The molecular formula is C14H17NO2. The molecule has 0 radical (unpaired) electrons. The molecule has 0 saturated carbocycles. The fourth-order valence-corrected chi connectivity index (χ4v) is 2.86. The third kappa shape index (κ3) is 1.61. The van der Waals surface area contributed by atoms with E-state index in [1.807, 2.05) is 12.1 Å². The number of carbonyl (C=O) groups is 1. The van der Waals surface area contributed by atoms with Crippen LogP contribution in [-0.2, 0) is 6.42 Å². The molecule has 1 aromatic carbocycles. The van der Waals surface area contributed by atoms with Crippen molar-refractivity contribution < 1.29 is 9.53 Å². The van der Waals surface area contributed by atoms with Crippen LogP contribution in [0.3, 0.4) is 0 Å². The Kier molecular flexibility index (Phi) is 2.35. The van der Waals surface area contributed by atoms with E-state index in [4.69, 9.17) is 4.74 Å². The van der Waals surface area contributed by atoms with Crippen LogP contribution >= 0.6 is 0 Å². The summed E-state index contributed by atoms with van der Waals surface area (Å²) in [6, 6.07) is 3.88. The van der Waals surface area contributed by atoms with Gasteiger partial charge >= 0.3 is 0 Å². The van der Waals surface area contributed by atoms with Crippen molar-refractivity contribution in [3.05, 3.63) is 23.3 Å². The summed E-state index contributed by atoms with van der Waals surface area (Å²) in [7, 11) is 2.07. The van der Waals surface area contributed by atoms with Crippen LogP contribution in [0.4, 0.5) is 5.69 Å². The Balaban J connectivity index is 2.18. The van der Waals surface area contributed by atoms with Gasteiger partial charge in [0.15, 0.2) is 5.78 Å². The van der Waals surface area contributed by atoms with E-state index in [9.17, 15) is 4.79 Å². The van der Waals surface area contributed by atoms with Crippen molar-refractivity contribution in [3.63, 3.8) is 0 Å². The van der Waals surface area contributed by atoms with Gasteiger partial charge in [0.2, 0.25) is 0 Å². The van der Waals surface area contributed by atoms with Gasteiger partial charge in [-0.2, -0.15) is 0 Å². The SMILES string of the molecule is CC1Cc2c(ccc3c2N(C)CCCC3=O)O1. The van der Waals surface area contributed by atoms with Crippen LogP contribution < -0.4 is 9.64 Å². The van der Waals surface area contributed by atoms with Crippen molar-refractivity contribution >= 4 is 11.5 Å². The summed E-state index contributed by atoms with van der Waals surface area (Å²) in [5.74, 6) is 1.23. The van der Waals surface area contributed by atoms with Crippen molar-refractivity contribution in [3.8, 4) is 5.75 Å². The molecule has 0 bridgehead atoms. The summed E-state index contributed by atoms with van der Waals surface area (Å²) in [4.78, 5) is 14.3. The second-order valence-electron chi connectivity index (χ2n) is 5.02. The van der Waals surface area contributed by atoms with Crippen LogP contribution in [0.5, 0.6) is 5.75 Å². The molecule has 3 rings (SSSR count). The Morgan fingerprint density at radius 3 is 3.06 bits per heavy atom. The number of Topliss-reactive ketones (excluding diaryl/α,β-unsaturated/α-hetero) is 1. The number of ether oxygens (including phenoxy) is 1. The highest BCUT2D eigenvalue weighted by Gasteiger charge is 2.29. The third-order valence-electron chi connectivity index (χ3n) is 3.64. The van der Waals surface area contributed by atoms with Gasteiger partial charge in [-0.3, -0.25) is 4.79 Å². The van der Waals surface area contributed by atoms with Gasteiger partial charge in [0.25, 0.3) is 0 Å². The Labute approximate surface area is 101 Å². The minimum Gasteiger partial charge on any atom is -0.490 e. The first-order valence-electron chi connectivity index (χ1n) is 6.23. The summed E-state index contributed by atoms with van der Waals surface area (Å²) in [6.45, 7) is 3.02. The number of anilines is 1. The quantitative estimate of drug-likeness (QED) is 0.686. The highest BCUT2D eigenvalue weighted by Crippen LogP contribution is 2.40. The van der Waals surface area contributed by atoms with E-state index in [1.165, 1.54) is 5.56 Å². The molecule has 0 saturated heterocycles. The van der Waals surface area contributed by atoms with E-state index in [1.54, 1.807) is 0 Å². The zero-order valence-corrected chi connectivity index (χ0v) is 10.3. The molecule has 0 N–H and O–H groups in total. The molecule has 0 fully saturated rings. The van der Waals surface area contributed by atoms with Gasteiger partial charge in [0, 0.05) is 37.6 Å². The third-order valence-corrected chi connectivity index (χ3v) is 3.64. The summed E-state index contributed by atoms with van der Waals surface area (Å²) < 4.78 is 5.76. The number of fused-ring (bicyclic) bond motifs is 3. The Hall–Kier alpha value is -1.51. The second kappa shape index (κ2) is 3.76. The molecule has 2 aliphatic rings. The van der Waals surface area contributed by atoms with Crippen molar-refractivity contribution in [1.29, 1.82) is 0 Å². The zero-order valence-electron chi connectivity index (χ0n) is 10.3. The number of carbonyl (C=O) groups excluding carboxylic acids is 1. The second-order valence-corrected chi connectivity index (χ2v) is 5.02. The molecule has 1 atom stereocenters. The van der Waals surface area contributed by atoms with Gasteiger partial charge < -0.3 is 9.64 Å². The average molecular weight is 231 g/mol. The van der Waals surface area contributed by atoms with Crippen molar-refractivity contribution in [2.24, 2.45) is 0 Å². The maximum Gasteiger partial charge on any atom is 0.165 e. The molecule has 3 heteroatoms. The summed E-state index contributed by atoms with van der Waals surface area (Å²) >= 11 is 0. The normalized spacial score (nSPS) is 22.8. The van der Waals surface area contributed by atoms with Crippen molar-refractivity contribution in [2.75, 3.05) is 18.5 Å². The number of hydrogen-bond donors (Lipinski definition) is 0. The maximum absolute atomic E-state index is 12.1. The lowest BCUT2D eigenvalue weighted by Crippen LogP contribution is -2.19. The minimum absolute atomic E-state index is 0.225. The summed E-state index contributed by atoms with van der Waals surface area (Å²) in [5.41, 5.74) is 3.20. The first-order chi connectivity index (χ1) is 8.16. The lowest BCUT2D eigenvalue weighted by molar-refractivity contribution is 0.0984. The number of benzene rings is 1. The van der Waals surface area contributed by atoms with E-state index in [-0.39, 0.29) is 11.9 Å². The lowest BCUT2D eigenvalue weighted by atomic mass is 9.99. The van der Waals surface area contributed by atoms with Gasteiger partial charge in [0.05, 0.1) is 5.69 Å². The molecule has 0 spiro atoms. The molecule has 90 valence electrons. The van der Waals surface area contributed by atoms with E-state index in [0.29, 0.717) is 6.42 Å². The fourth-order valence-electron chi connectivity index (χ4n) is 2.86. The van der Waals surface area contributed by atoms with Crippen molar-refractivity contribution in [2.45, 2.75) is 32.3 Å². The first kappa shape index (κ1) is 10.6. The van der Waals surface area contributed by atoms with Gasteiger partial charge in [-0.15, -0.1) is 0 Å². The standard InChI is InChI=1S/C14H17NO2/c1-9-8-11-13(17-9)6-5-10-12(16)4-3-7-15(2)14(10)11/h5-6,9H,3-4,7-8H2,1-2H3. The molecule has 0 aromatic heterocycles. The zero-order chi connectivity index (χ0) is 12.0. The fraction of sp³-hybridized carbons (Fsp3) is 0.500. The highest BCUT2D eigenvalue weighted by molar-refractivity contribution is 6.03. The smallest absolute Gasteiger partial charge is 0.165 e. The molecule has 2 heterocycles. The molecule has 0 amide bonds. The number of hydrogen-bond acceptors (Lipinski definition) is 3. The Morgan fingerprint density at radius 2 is 2.24 bits per heavy atom. The van der Waals surface area contributed by atoms with Gasteiger partial charge in [-0.1, -0.05) is 0 Å². The highest BCUT2D eigenvalue weighted by atomic mass is 16.5. The van der Waals surface area contributed by atoms with Crippen LogP contribution in [0.1, 0.15) is 35.7 Å². The summed E-state index contributed by atoms with van der Waals surface area (Å²) in [5, 5.41) is 0. The molecule has 1 unspecified atom stereocenters. The van der Waals surface area contributed by atoms with Gasteiger partial charge in [-0.05, 0) is 25.5 Å². The molecule has 0 aliphatic carbocycles. The van der Waals surface area contributed by atoms with Gasteiger partial charge in [0.1, 0.15) is 11.9 Å². The van der Waals surface area contributed by atoms with E-state index >= 15 is 0 Å². The lowest BCUT2D eigenvalue weighted by Gasteiger charge is -2.21. The van der Waals surface area contributed by atoms with E-state index in [2.05, 4.69) is 18.9 Å². The average Bonchev–Trinajstić information content (AvgIpc) is 2.60. The van der Waals surface area contributed by atoms with Crippen LogP contribution in [0.15, 0.2) is 12.1 Å². The van der Waals surface area contributed by atoms with Crippen LogP contribution in [0.25, 0.3) is 0 Å². The van der Waals surface area contributed by atoms with Gasteiger partial charge in [-0.25, -0.2) is 0 Å². The van der Waals surface area contributed by atoms with E-state index < -0.39 is 0 Å². The topological polar surface area (TPSA) is 29.5 Å². The largest absolute Gasteiger partial charge is 0.490 e. The number of nitrogens with zero attached hydrogens (tertiary/aromatic N) is 1. The van der Waals surface area contributed by atoms with Crippen LogP contribution in [-0.4, -0.2) is 25.5 Å². The molecule has 17 heavy (non-hydrogen) atoms. The van der Waals surface area contributed by atoms with Crippen LogP contribution in [0, 0.1) is 0 Å². The Morgan fingerprint density at radius 1 is 1.41 bits per heavy atom. The molecule has 1 aromatic rings. The van der Waals surface area contributed by atoms with Crippen molar-refractivity contribution in [1.82, 2.24) is 0 Å². The monoisotopic (exact) mass is 231 g/mol. The van der Waals surface area contributed by atoms with E-state index in [0.717, 1.165) is 36.4 Å². The predicted molar refractivity (Wildman–Crippen MR) is 67.1 cm³/mol. The Bertz CT molecular complexity index is 481. The number of ketones is 1. The number of rotatable bonds is 0. The molecule has 3 nitrogen and oxygen atoms in total. The summed E-state index contributed by atoms with van der Waals surface area (Å²) in [6.07, 6.45) is 2.74. The minimum atomic E-state index is 0.225. The predicted octanol–water partition coefficient (Wildman–Crippen LogP) is 2.42. The first-order valence-corrected chi connectivity index (χ1v) is 6.23. The molecular weight excluding hydrogens is 214 g/mol. The maximum atomic E-state index is 12.1.